The molecule has 0 unspecified atom stereocenters. The van der Waals surface area contributed by atoms with Gasteiger partial charge in [0.05, 0.1) is 61.9 Å². The highest BCUT2D eigenvalue weighted by Gasteiger charge is 2.41. The molecule has 2 aliphatic rings. The van der Waals surface area contributed by atoms with E-state index in [2.05, 4.69) is 0 Å². The summed E-state index contributed by atoms with van der Waals surface area (Å²) in [6.07, 6.45) is 0.525. The van der Waals surface area contributed by atoms with Gasteiger partial charge < -0.3 is 19.7 Å². The lowest BCUT2D eigenvalue weighted by Gasteiger charge is -2.35. The van der Waals surface area contributed by atoms with E-state index in [1.165, 1.54) is 9.80 Å². The summed E-state index contributed by atoms with van der Waals surface area (Å²) in [5.41, 5.74) is 0.554. The first-order valence-electron chi connectivity index (χ1n) is 12.2. The van der Waals surface area contributed by atoms with Crippen LogP contribution in [0.25, 0.3) is 0 Å². The summed E-state index contributed by atoms with van der Waals surface area (Å²) < 4.78 is 11.3. The highest BCUT2D eigenvalue weighted by Crippen LogP contribution is 2.33. The SMILES string of the molecule is O=C1c2ccccc2C(=O)N1CCC(CCN1C(=O)c2ccccc2C1=O)(COCCO)COCCO. The Morgan fingerprint density at radius 1 is 0.595 bits per heavy atom. The Hall–Kier alpha value is -3.44. The third-order valence-electron chi connectivity index (χ3n) is 6.78. The Morgan fingerprint density at radius 2 is 0.919 bits per heavy atom. The smallest absolute Gasteiger partial charge is 0.261 e. The van der Waals surface area contributed by atoms with Crippen LogP contribution in [0.15, 0.2) is 48.5 Å². The number of benzene rings is 2. The number of nitrogens with zero attached hydrogens (tertiary/aromatic N) is 2. The van der Waals surface area contributed by atoms with Crippen molar-refractivity contribution in [3.05, 3.63) is 70.8 Å². The molecular formula is C27H30N2O8. The highest BCUT2D eigenvalue weighted by atomic mass is 16.5. The van der Waals surface area contributed by atoms with E-state index in [1.807, 2.05) is 0 Å². The number of hydrogen-bond donors (Lipinski definition) is 2. The largest absolute Gasteiger partial charge is 0.394 e. The first kappa shape index (κ1) is 26.6. The first-order chi connectivity index (χ1) is 17.9. The molecule has 0 aliphatic carbocycles. The van der Waals surface area contributed by atoms with Gasteiger partial charge in [0.2, 0.25) is 0 Å². The minimum absolute atomic E-state index is 0.0573. The number of imide groups is 2. The molecule has 0 atom stereocenters. The molecule has 0 radical (unpaired) electrons. The van der Waals surface area contributed by atoms with Crippen molar-refractivity contribution in [1.29, 1.82) is 0 Å². The summed E-state index contributed by atoms with van der Waals surface area (Å²) in [5.74, 6) is -1.55. The monoisotopic (exact) mass is 510 g/mol. The second-order valence-corrected chi connectivity index (χ2v) is 9.17. The lowest BCUT2D eigenvalue weighted by atomic mass is 9.82. The van der Waals surface area contributed by atoms with Crippen LogP contribution in [-0.2, 0) is 9.47 Å². The Balaban J connectivity index is 1.53. The molecule has 10 heteroatoms. The first-order valence-corrected chi connectivity index (χ1v) is 12.2. The second-order valence-electron chi connectivity index (χ2n) is 9.17. The summed E-state index contributed by atoms with van der Waals surface area (Å²) in [4.78, 5) is 54.0. The average Bonchev–Trinajstić information content (AvgIpc) is 3.31. The van der Waals surface area contributed by atoms with Gasteiger partial charge in [0.25, 0.3) is 23.6 Å². The quantitative estimate of drug-likeness (QED) is 0.288. The van der Waals surface area contributed by atoms with Crippen LogP contribution in [0, 0.1) is 5.41 Å². The van der Waals surface area contributed by atoms with Gasteiger partial charge in [-0.2, -0.15) is 0 Å². The molecule has 37 heavy (non-hydrogen) atoms. The molecule has 2 heterocycles. The molecule has 0 saturated heterocycles. The van der Waals surface area contributed by atoms with E-state index in [0.29, 0.717) is 22.3 Å². The van der Waals surface area contributed by atoms with Crippen LogP contribution >= 0.6 is 0 Å². The van der Waals surface area contributed by atoms with Crippen molar-refractivity contribution in [2.45, 2.75) is 12.8 Å². The summed E-state index contributed by atoms with van der Waals surface area (Å²) >= 11 is 0. The predicted octanol–water partition coefficient (Wildman–Crippen LogP) is 1.36. The van der Waals surface area contributed by atoms with E-state index in [1.54, 1.807) is 48.5 Å². The molecule has 2 aromatic rings. The van der Waals surface area contributed by atoms with Crippen LogP contribution in [-0.4, -0.2) is 96.4 Å². The number of aliphatic hydroxyl groups excluding tert-OH is 2. The lowest BCUT2D eigenvalue weighted by molar-refractivity contribution is -0.0479. The average molecular weight is 511 g/mol. The maximum Gasteiger partial charge on any atom is 0.261 e. The van der Waals surface area contributed by atoms with Crippen molar-refractivity contribution < 1.29 is 38.9 Å². The molecule has 0 bridgehead atoms. The van der Waals surface area contributed by atoms with Gasteiger partial charge in [0.15, 0.2) is 0 Å². The molecule has 0 spiro atoms. The topological polar surface area (TPSA) is 134 Å². The molecule has 4 rings (SSSR count). The fourth-order valence-corrected chi connectivity index (χ4v) is 4.74. The zero-order valence-corrected chi connectivity index (χ0v) is 20.4. The minimum Gasteiger partial charge on any atom is -0.394 e. The number of amides is 4. The van der Waals surface area contributed by atoms with Crippen LogP contribution in [0.2, 0.25) is 0 Å². The number of hydrogen-bond acceptors (Lipinski definition) is 8. The van der Waals surface area contributed by atoms with Crippen LogP contribution in [0.3, 0.4) is 0 Å². The molecule has 2 N–H and O–H groups in total. The van der Waals surface area contributed by atoms with Gasteiger partial charge in [-0.15, -0.1) is 0 Å². The number of aliphatic hydroxyl groups is 2. The number of ether oxygens (including phenoxy) is 2. The van der Waals surface area contributed by atoms with Crippen LogP contribution < -0.4 is 0 Å². The van der Waals surface area contributed by atoms with Gasteiger partial charge in [-0.25, -0.2) is 0 Å². The van der Waals surface area contributed by atoms with Gasteiger partial charge in [-0.3, -0.25) is 29.0 Å². The van der Waals surface area contributed by atoms with Crippen molar-refractivity contribution in [2.75, 3.05) is 52.7 Å². The van der Waals surface area contributed by atoms with Crippen LogP contribution in [0.1, 0.15) is 54.3 Å². The molecule has 0 saturated carbocycles. The van der Waals surface area contributed by atoms with E-state index in [-0.39, 0.29) is 89.2 Å². The number of rotatable bonds is 14. The molecule has 2 aliphatic heterocycles. The number of carbonyl (C=O) groups excluding carboxylic acids is 4. The maximum absolute atomic E-state index is 12.9. The normalized spacial score (nSPS) is 15.1. The Kier molecular flexibility index (Phi) is 8.45. The van der Waals surface area contributed by atoms with E-state index in [9.17, 15) is 29.4 Å². The fourth-order valence-electron chi connectivity index (χ4n) is 4.74. The minimum atomic E-state index is -0.824. The van der Waals surface area contributed by atoms with E-state index in [0.717, 1.165) is 0 Å². The van der Waals surface area contributed by atoms with Gasteiger partial charge >= 0.3 is 0 Å². The lowest BCUT2D eigenvalue weighted by Crippen LogP contribution is -2.42. The molecule has 0 fully saturated rings. The Labute approximate surface area is 214 Å². The molecule has 0 aromatic heterocycles. The van der Waals surface area contributed by atoms with E-state index in [4.69, 9.17) is 9.47 Å². The third-order valence-corrected chi connectivity index (χ3v) is 6.78. The molecule has 10 nitrogen and oxygen atoms in total. The van der Waals surface area contributed by atoms with Crippen molar-refractivity contribution in [3.63, 3.8) is 0 Å². The zero-order chi connectivity index (χ0) is 26.4. The summed E-state index contributed by atoms with van der Waals surface area (Å²) in [6, 6.07) is 13.2. The molecule has 4 amide bonds. The summed E-state index contributed by atoms with van der Waals surface area (Å²) in [7, 11) is 0. The van der Waals surface area contributed by atoms with E-state index < -0.39 is 5.41 Å². The number of fused-ring (bicyclic) bond motifs is 2. The van der Waals surface area contributed by atoms with Gasteiger partial charge in [-0.1, -0.05) is 24.3 Å². The van der Waals surface area contributed by atoms with Crippen LogP contribution in [0.4, 0.5) is 0 Å². The summed E-state index contributed by atoms with van der Waals surface area (Å²) in [5, 5.41) is 18.5. The second kappa shape index (κ2) is 11.7. The van der Waals surface area contributed by atoms with Crippen molar-refractivity contribution in [2.24, 2.45) is 5.41 Å². The Morgan fingerprint density at radius 3 is 1.22 bits per heavy atom. The third kappa shape index (κ3) is 5.47. The zero-order valence-electron chi connectivity index (χ0n) is 20.4. The molecule has 2 aromatic carbocycles. The van der Waals surface area contributed by atoms with Gasteiger partial charge in [0.1, 0.15) is 0 Å². The molecule has 196 valence electrons. The Bertz CT molecular complexity index is 1020. The maximum atomic E-state index is 12.9. The highest BCUT2D eigenvalue weighted by molar-refractivity contribution is 6.22. The van der Waals surface area contributed by atoms with Crippen molar-refractivity contribution in [1.82, 2.24) is 9.80 Å². The van der Waals surface area contributed by atoms with Crippen molar-refractivity contribution in [3.8, 4) is 0 Å². The summed E-state index contributed by atoms with van der Waals surface area (Å²) in [6.45, 7) is 0.0217. The predicted molar refractivity (Wildman–Crippen MR) is 131 cm³/mol. The van der Waals surface area contributed by atoms with Gasteiger partial charge in [0, 0.05) is 18.5 Å². The van der Waals surface area contributed by atoms with Crippen molar-refractivity contribution >= 4 is 23.6 Å². The fraction of sp³-hybridized carbons (Fsp3) is 0.407. The number of carbonyl (C=O) groups is 4. The van der Waals surface area contributed by atoms with Gasteiger partial charge in [-0.05, 0) is 37.1 Å². The standard InChI is InChI=1S/C27H30N2O8/c30-13-15-36-17-27(18-37-16-14-31,9-11-28-23(32)19-5-1-2-6-20(19)24(28)33)10-12-29-25(34)21-7-3-4-8-22(21)26(29)35/h1-8,30-31H,9-18H2. The van der Waals surface area contributed by atoms with Crippen LogP contribution in [0.5, 0.6) is 0 Å². The van der Waals surface area contributed by atoms with E-state index >= 15 is 0 Å². The molecular weight excluding hydrogens is 480 g/mol.